The summed E-state index contributed by atoms with van der Waals surface area (Å²) < 4.78 is 5.96. The Morgan fingerprint density at radius 2 is 2.19 bits per heavy atom. The molecule has 0 aliphatic carbocycles. The summed E-state index contributed by atoms with van der Waals surface area (Å²) in [5, 5.41) is 4.07. The molecule has 1 aromatic carbocycles. The number of amides is 1. The van der Waals surface area contributed by atoms with Gasteiger partial charge in [0, 0.05) is 25.2 Å². The van der Waals surface area contributed by atoms with Crippen LogP contribution in [0.4, 0.5) is 5.13 Å². The third-order valence-electron chi connectivity index (χ3n) is 5.44. The number of nitrogens with zero attached hydrogens (tertiary/aromatic N) is 3. The zero-order valence-electron chi connectivity index (χ0n) is 17.9. The molecule has 2 aromatic heterocycles. The summed E-state index contributed by atoms with van der Waals surface area (Å²) in [5.41, 5.74) is 8.39. The predicted molar refractivity (Wildman–Crippen MR) is 125 cm³/mol. The monoisotopic (exact) mass is 476 g/mol. The summed E-state index contributed by atoms with van der Waals surface area (Å²) in [4.78, 5) is 38.7. The highest BCUT2D eigenvalue weighted by molar-refractivity contribution is 7.22. The van der Waals surface area contributed by atoms with E-state index in [2.05, 4.69) is 20.2 Å². The molecule has 170 valence electrons. The van der Waals surface area contributed by atoms with Crippen molar-refractivity contribution in [2.45, 2.75) is 38.8 Å². The molecule has 2 atom stereocenters. The number of ether oxygens (including phenoxy) is 1. The number of halogens is 1. The molecule has 1 fully saturated rings. The summed E-state index contributed by atoms with van der Waals surface area (Å²) in [6, 6.07) is 4.94. The minimum Gasteiger partial charge on any atom is -0.462 e. The molecule has 4 rings (SSSR count). The van der Waals surface area contributed by atoms with E-state index in [1.54, 1.807) is 19.1 Å². The average Bonchev–Trinajstić information content (AvgIpc) is 3.38. The number of esters is 1. The molecule has 1 aliphatic rings. The van der Waals surface area contributed by atoms with Crippen LogP contribution in [0.5, 0.6) is 0 Å². The number of H-pyrrole nitrogens is 1. The van der Waals surface area contributed by atoms with E-state index < -0.39 is 0 Å². The summed E-state index contributed by atoms with van der Waals surface area (Å²) in [7, 11) is 0. The number of aromatic nitrogens is 3. The number of piperidine rings is 1. The summed E-state index contributed by atoms with van der Waals surface area (Å²) in [5.74, 6) is -0.477. The van der Waals surface area contributed by atoms with Gasteiger partial charge in [0.25, 0.3) is 5.91 Å². The van der Waals surface area contributed by atoms with Crippen molar-refractivity contribution in [3.05, 3.63) is 40.4 Å². The predicted octanol–water partition coefficient (Wildman–Crippen LogP) is 2.75. The van der Waals surface area contributed by atoms with Crippen molar-refractivity contribution in [2.75, 3.05) is 24.6 Å². The van der Waals surface area contributed by atoms with Gasteiger partial charge in [0.2, 0.25) is 0 Å². The van der Waals surface area contributed by atoms with E-state index in [-0.39, 0.29) is 29.8 Å². The van der Waals surface area contributed by atoms with Gasteiger partial charge in [-0.2, -0.15) is 0 Å². The number of carbonyl (C=O) groups is 2. The van der Waals surface area contributed by atoms with Crippen molar-refractivity contribution in [3.8, 4) is 0 Å². The van der Waals surface area contributed by atoms with Crippen LogP contribution in [0, 0.1) is 0 Å². The molecule has 0 bridgehead atoms. The molecule has 1 aliphatic heterocycles. The molecule has 0 radical (unpaired) electrons. The first-order chi connectivity index (χ1) is 15.4. The normalized spacial score (nSPS) is 18.7. The number of benzene rings is 1. The van der Waals surface area contributed by atoms with E-state index in [0.29, 0.717) is 43.3 Å². The summed E-state index contributed by atoms with van der Waals surface area (Å²) in [6.45, 7) is 5.23. The van der Waals surface area contributed by atoms with Gasteiger partial charge < -0.3 is 25.7 Å². The first kappa shape index (κ1) is 22.5. The Labute approximate surface area is 194 Å². The number of rotatable bonds is 6. The molecule has 0 spiro atoms. The molecule has 2 unspecified atom stereocenters. The molecular weight excluding hydrogens is 452 g/mol. The van der Waals surface area contributed by atoms with Gasteiger partial charge in [-0.1, -0.05) is 35.9 Å². The second-order valence-electron chi connectivity index (χ2n) is 7.56. The van der Waals surface area contributed by atoms with E-state index in [1.807, 2.05) is 13.0 Å². The van der Waals surface area contributed by atoms with Gasteiger partial charge in [0.05, 0.1) is 28.1 Å². The minimum absolute atomic E-state index is 0.194. The van der Waals surface area contributed by atoms with Crippen LogP contribution in [-0.4, -0.2) is 58.6 Å². The average molecular weight is 477 g/mol. The highest BCUT2D eigenvalue weighted by Crippen LogP contribution is 2.33. The fraction of sp³-hybridized carbons (Fsp3) is 0.429. The van der Waals surface area contributed by atoms with Crippen molar-refractivity contribution in [1.82, 2.24) is 20.3 Å². The molecule has 3 heterocycles. The smallest absolute Gasteiger partial charge is 0.339 e. The largest absolute Gasteiger partial charge is 0.462 e. The van der Waals surface area contributed by atoms with E-state index in [9.17, 15) is 9.59 Å². The number of hydrogen-bond donors (Lipinski definition) is 3. The Bertz CT molecular complexity index is 1150. The van der Waals surface area contributed by atoms with Crippen LogP contribution in [0.15, 0.2) is 18.2 Å². The maximum atomic E-state index is 12.6. The van der Waals surface area contributed by atoms with E-state index in [4.69, 9.17) is 27.1 Å². The van der Waals surface area contributed by atoms with Gasteiger partial charge in [-0.3, -0.25) is 4.79 Å². The molecule has 1 saturated heterocycles. The molecule has 1 amide bonds. The Kier molecular flexibility index (Phi) is 6.63. The first-order valence-corrected chi connectivity index (χ1v) is 11.7. The van der Waals surface area contributed by atoms with E-state index >= 15 is 0 Å². The van der Waals surface area contributed by atoms with Gasteiger partial charge in [-0.25, -0.2) is 14.8 Å². The lowest BCUT2D eigenvalue weighted by Gasteiger charge is -2.36. The molecule has 9 nitrogen and oxygen atoms in total. The lowest BCUT2D eigenvalue weighted by atomic mass is 10.0. The fourth-order valence-electron chi connectivity index (χ4n) is 3.74. The van der Waals surface area contributed by atoms with Crippen molar-refractivity contribution in [1.29, 1.82) is 0 Å². The van der Waals surface area contributed by atoms with Crippen LogP contribution in [0.1, 0.15) is 46.9 Å². The minimum atomic E-state index is -0.351. The fourth-order valence-corrected chi connectivity index (χ4v) is 5.11. The van der Waals surface area contributed by atoms with Gasteiger partial charge in [0.15, 0.2) is 16.1 Å². The Morgan fingerprint density at radius 3 is 2.88 bits per heavy atom. The van der Waals surface area contributed by atoms with Gasteiger partial charge in [0.1, 0.15) is 0 Å². The van der Waals surface area contributed by atoms with Gasteiger partial charge in [-0.05, 0) is 31.9 Å². The van der Waals surface area contributed by atoms with Gasteiger partial charge in [-0.15, -0.1) is 0 Å². The Morgan fingerprint density at radius 1 is 1.38 bits per heavy atom. The van der Waals surface area contributed by atoms with Crippen LogP contribution in [0.3, 0.4) is 0 Å². The van der Waals surface area contributed by atoms with Crippen molar-refractivity contribution in [2.24, 2.45) is 5.73 Å². The van der Waals surface area contributed by atoms with Crippen molar-refractivity contribution < 1.29 is 14.3 Å². The van der Waals surface area contributed by atoms with E-state index in [1.165, 1.54) is 11.3 Å². The third kappa shape index (κ3) is 4.43. The summed E-state index contributed by atoms with van der Waals surface area (Å²) in [6.07, 6.45) is 1.32. The SMILES string of the molecule is CCOC(=O)c1cccc2nc(N3CCC(NC(=O)c4nc(Cl)c(CC)[nH]4)C(N)C3)sc12. The number of aromatic amines is 1. The maximum absolute atomic E-state index is 12.6. The number of nitrogens with two attached hydrogens (primary N) is 1. The number of aryl methyl sites for hydroxylation is 1. The lowest BCUT2D eigenvalue weighted by Crippen LogP contribution is -2.58. The van der Waals surface area contributed by atoms with E-state index in [0.717, 1.165) is 21.0 Å². The van der Waals surface area contributed by atoms with Crippen molar-refractivity contribution >= 4 is 50.2 Å². The standard InChI is InChI=1S/C21H25ClN6O3S/c1-3-13-17(22)27-18(24-13)19(29)25-14-8-9-28(10-12(14)23)21-26-15-7-5-6-11(16(15)32-21)20(30)31-4-2/h5-7,12,14H,3-4,8-10,23H2,1-2H3,(H,24,27)(H,25,29). The van der Waals surface area contributed by atoms with Crippen LogP contribution in [0.2, 0.25) is 5.15 Å². The number of fused-ring (bicyclic) bond motifs is 1. The Hall–Kier alpha value is -2.69. The highest BCUT2D eigenvalue weighted by atomic mass is 35.5. The Balaban J connectivity index is 1.45. The zero-order valence-corrected chi connectivity index (χ0v) is 19.4. The molecular formula is C21H25ClN6O3S. The quantitative estimate of drug-likeness (QED) is 0.467. The van der Waals surface area contributed by atoms with Crippen LogP contribution in [-0.2, 0) is 11.2 Å². The number of carbonyl (C=O) groups excluding carboxylic acids is 2. The second kappa shape index (κ2) is 9.43. The molecule has 4 N–H and O–H groups in total. The zero-order chi connectivity index (χ0) is 22.8. The number of imidazole rings is 1. The number of nitrogens with one attached hydrogen (secondary N) is 2. The van der Waals surface area contributed by atoms with Crippen LogP contribution >= 0.6 is 22.9 Å². The topological polar surface area (TPSA) is 126 Å². The molecule has 32 heavy (non-hydrogen) atoms. The number of thiazole rings is 1. The first-order valence-electron chi connectivity index (χ1n) is 10.5. The summed E-state index contributed by atoms with van der Waals surface area (Å²) >= 11 is 7.49. The molecule has 0 saturated carbocycles. The molecule has 11 heteroatoms. The maximum Gasteiger partial charge on any atom is 0.339 e. The van der Waals surface area contributed by atoms with Crippen LogP contribution < -0.4 is 16.0 Å². The third-order valence-corrected chi connectivity index (χ3v) is 6.92. The van der Waals surface area contributed by atoms with Gasteiger partial charge >= 0.3 is 5.97 Å². The number of hydrogen-bond acceptors (Lipinski definition) is 8. The highest BCUT2D eigenvalue weighted by Gasteiger charge is 2.30. The van der Waals surface area contributed by atoms with Crippen LogP contribution in [0.25, 0.3) is 10.2 Å². The second-order valence-corrected chi connectivity index (χ2v) is 8.89. The van der Waals surface area contributed by atoms with Crippen molar-refractivity contribution in [3.63, 3.8) is 0 Å². The molecule has 3 aromatic rings. The lowest BCUT2D eigenvalue weighted by molar-refractivity contribution is 0.0528. The number of anilines is 1.